The summed E-state index contributed by atoms with van der Waals surface area (Å²) in [5.41, 5.74) is -0.475. The lowest BCUT2D eigenvalue weighted by molar-refractivity contribution is -0.133. The molecular formula is C6H11ClN2O2. The van der Waals surface area contributed by atoms with E-state index in [1.807, 2.05) is 0 Å². The number of allylic oxidation sites excluding steroid dienone is 1. The third-order valence-electron chi connectivity index (χ3n) is 1.05. The Kier molecular flexibility index (Phi) is 4.65. The minimum Gasteiger partial charge on any atom is -0.477 e. The van der Waals surface area contributed by atoms with Crippen LogP contribution >= 0.6 is 11.6 Å². The van der Waals surface area contributed by atoms with E-state index in [2.05, 4.69) is 10.6 Å². The summed E-state index contributed by atoms with van der Waals surface area (Å²) in [7, 11) is 1.62. The number of alkyl halides is 1. The highest BCUT2D eigenvalue weighted by atomic mass is 35.5. The number of carbonyl (C=O) groups is 1. The Morgan fingerprint density at radius 2 is 2.27 bits per heavy atom. The SMILES string of the molecule is C/C=C(\NC(Cl)NC)C(=O)O. The van der Waals surface area contributed by atoms with E-state index in [1.165, 1.54) is 6.08 Å². The molecule has 0 bridgehead atoms. The minimum atomic E-state index is -1.02. The number of carboxylic acids is 1. The van der Waals surface area contributed by atoms with Gasteiger partial charge in [-0.05, 0) is 14.0 Å². The van der Waals surface area contributed by atoms with Crippen LogP contribution in [-0.2, 0) is 4.79 Å². The summed E-state index contributed by atoms with van der Waals surface area (Å²) in [4.78, 5) is 10.4. The van der Waals surface area contributed by atoms with Crippen molar-refractivity contribution in [1.29, 1.82) is 0 Å². The topological polar surface area (TPSA) is 61.4 Å². The molecule has 1 atom stereocenters. The molecule has 0 fully saturated rings. The fourth-order valence-electron chi connectivity index (χ4n) is 0.477. The van der Waals surface area contributed by atoms with Gasteiger partial charge in [-0.2, -0.15) is 0 Å². The number of aliphatic carboxylic acids is 1. The first-order valence-corrected chi connectivity index (χ1v) is 3.53. The molecule has 0 saturated heterocycles. The molecule has 11 heavy (non-hydrogen) atoms. The van der Waals surface area contributed by atoms with E-state index in [4.69, 9.17) is 16.7 Å². The molecule has 0 aliphatic rings. The maximum absolute atomic E-state index is 10.4. The summed E-state index contributed by atoms with van der Waals surface area (Å²) in [6, 6.07) is 0. The van der Waals surface area contributed by atoms with Crippen LogP contribution in [0.1, 0.15) is 6.92 Å². The first kappa shape index (κ1) is 10.3. The predicted octanol–water partition coefficient (Wildman–Crippen LogP) is 0.306. The van der Waals surface area contributed by atoms with Gasteiger partial charge >= 0.3 is 5.97 Å². The van der Waals surface area contributed by atoms with E-state index in [1.54, 1.807) is 14.0 Å². The van der Waals surface area contributed by atoms with Crippen LogP contribution in [0.25, 0.3) is 0 Å². The number of hydrogen-bond acceptors (Lipinski definition) is 3. The largest absolute Gasteiger partial charge is 0.477 e. The van der Waals surface area contributed by atoms with Crippen LogP contribution in [0.3, 0.4) is 0 Å². The van der Waals surface area contributed by atoms with Crippen molar-refractivity contribution in [2.75, 3.05) is 7.05 Å². The van der Waals surface area contributed by atoms with Gasteiger partial charge in [0.25, 0.3) is 0 Å². The van der Waals surface area contributed by atoms with Crippen LogP contribution < -0.4 is 10.6 Å². The Labute approximate surface area is 70.2 Å². The molecule has 0 spiro atoms. The van der Waals surface area contributed by atoms with Gasteiger partial charge in [-0.15, -0.1) is 0 Å². The van der Waals surface area contributed by atoms with Gasteiger partial charge in [0.2, 0.25) is 0 Å². The molecule has 0 saturated carbocycles. The molecule has 5 heteroatoms. The van der Waals surface area contributed by atoms with Crippen molar-refractivity contribution in [2.45, 2.75) is 12.5 Å². The van der Waals surface area contributed by atoms with Crippen molar-refractivity contribution < 1.29 is 9.90 Å². The normalized spacial score (nSPS) is 14.3. The Balaban J connectivity index is 4.00. The van der Waals surface area contributed by atoms with Crippen molar-refractivity contribution in [3.8, 4) is 0 Å². The second kappa shape index (κ2) is 4.98. The third-order valence-corrected chi connectivity index (χ3v) is 1.38. The standard InChI is InChI=1S/C6H11ClN2O2/c1-3-4(5(10)11)9-6(7)8-2/h3,6,8-9H,1-2H3,(H,10,11)/b4-3-. The Bertz CT molecular complexity index is 170. The summed E-state index contributed by atoms with van der Waals surface area (Å²) < 4.78 is 0. The molecule has 0 aromatic heterocycles. The van der Waals surface area contributed by atoms with Crippen molar-refractivity contribution >= 4 is 17.6 Å². The van der Waals surface area contributed by atoms with Crippen LogP contribution in [0, 0.1) is 0 Å². The van der Waals surface area contributed by atoms with Crippen molar-refractivity contribution in [3.05, 3.63) is 11.8 Å². The number of carboxylic acid groups (broad SMARTS) is 1. The summed E-state index contributed by atoms with van der Waals surface area (Å²) in [5.74, 6) is -1.02. The first-order chi connectivity index (χ1) is 5.11. The number of hydrogen-bond donors (Lipinski definition) is 3. The van der Waals surface area contributed by atoms with E-state index in [0.717, 1.165) is 0 Å². The van der Waals surface area contributed by atoms with Gasteiger partial charge in [0, 0.05) is 0 Å². The molecule has 0 aliphatic carbocycles. The van der Waals surface area contributed by atoms with Crippen LogP contribution in [-0.4, -0.2) is 23.7 Å². The van der Waals surface area contributed by atoms with Crippen molar-refractivity contribution in [2.24, 2.45) is 0 Å². The fourth-order valence-corrected chi connectivity index (χ4v) is 0.595. The molecule has 0 aromatic carbocycles. The quantitative estimate of drug-likeness (QED) is 0.251. The number of halogens is 1. The van der Waals surface area contributed by atoms with E-state index in [-0.39, 0.29) is 5.70 Å². The summed E-state index contributed by atoms with van der Waals surface area (Å²) in [5, 5.41) is 13.7. The highest BCUT2D eigenvalue weighted by molar-refractivity contribution is 6.20. The van der Waals surface area contributed by atoms with E-state index >= 15 is 0 Å². The smallest absolute Gasteiger partial charge is 0.351 e. The zero-order valence-electron chi connectivity index (χ0n) is 6.39. The lowest BCUT2D eigenvalue weighted by Gasteiger charge is -2.11. The molecule has 0 amide bonds. The second-order valence-electron chi connectivity index (χ2n) is 1.80. The lowest BCUT2D eigenvalue weighted by Crippen LogP contribution is -2.36. The van der Waals surface area contributed by atoms with Gasteiger partial charge in [0.1, 0.15) is 5.70 Å². The van der Waals surface area contributed by atoms with Crippen LogP contribution in [0.4, 0.5) is 0 Å². The molecule has 3 N–H and O–H groups in total. The highest BCUT2D eigenvalue weighted by Gasteiger charge is 2.08. The van der Waals surface area contributed by atoms with E-state index in [0.29, 0.717) is 0 Å². The average molecular weight is 179 g/mol. The van der Waals surface area contributed by atoms with Crippen LogP contribution in [0.5, 0.6) is 0 Å². The minimum absolute atomic E-state index is 0.0827. The third kappa shape index (κ3) is 3.85. The van der Waals surface area contributed by atoms with Gasteiger partial charge in [0.05, 0.1) is 0 Å². The Hall–Kier alpha value is -0.740. The molecule has 0 radical (unpaired) electrons. The van der Waals surface area contributed by atoms with E-state index < -0.39 is 11.6 Å². The fraction of sp³-hybridized carbons (Fsp3) is 0.500. The summed E-state index contributed by atoms with van der Waals surface area (Å²) >= 11 is 5.56. The van der Waals surface area contributed by atoms with E-state index in [9.17, 15) is 4.79 Å². The van der Waals surface area contributed by atoms with Gasteiger partial charge in [-0.1, -0.05) is 17.7 Å². The van der Waals surface area contributed by atoms with Crippen molar-refractivity contribution in [1.82, 2.24) is 10.6 Å². The maximum Gasteiger partial charge on any atom is 0.351 e. The Morgan fingerprint density at radius 1 is 1.73 bits per heavy atom. The summed E-state index contributed by atoms with van der Waals surface area (Å²) in [6.45, 7) is 1.62. The van der Waals surface area contributed by atoms with Gasteiger partial charge in [-0.25, -0.2) is 4.79 Å². The molecular weight excluding hydrogens is 168 g/mol. The zero-order valence-corrected chi connectivity index (χ0v) is 7.14. The molecule has 0 aromatic rings. The number of nitrogens with one attached hydrogen (secondary N) is 2. The van der Waals surface area contributed by atoms with Gasteiger partial charge in [-0.3, -0.25) is 5.32 Å². The highest BCUT2D eigenvalue weighted by Crippen LogP contribution is 1.93. The maximum atomic E-state index is 10.4. The predicted molar refractivity (Wildman–Crippen MR) is 43.2 cm³/mol. The van der Waals surface area contributed by atoms with Crippen LogP contribution in [0.15, 0.2) is 11.8 Å². The molecule has 0 rings (SSSR count). The average Bonchev–Trinajstić information content (AvgIpc) is 1.99. The molecule has 0 aliphatic heterocycles. The van der Waals surface area contributed by atoms with Crippen LogP contribution in [0.2, 0.25) is 0 Å². The number of rotatable bonds is 4. The summed E-state index contributed by atoms with van der Waals surface area (Å²) in [6.07, 6.45) is 1.44. The van der Waals surface area contributed by atoms with Crippen molar-refractivity contribution in [3.63, 3.8) is 0 Å². The molecule has 64 valence electrons. The zero-order chi connectivity index (χ0) is 8.85. The monoisotopic (exact) mass is 178 g/mol. The molecule has 1 unspecified atom stereocenters. The molecule has 4 nitrogen and oxygen atoms in total. The first-order valence-electron chi connectivity index (χ1n) is 3.09. The molecule has 0 heterocycles. The lowest BCUT2D eigenvalue weighted by atomic mass is 10.4. The Morgan fingerprint density at radius 3 is 2.55 bits per heavy atom. The van der Waals surface area contributed by atoms with Gasteiger partial charge < -0.3 is 10.4 Å². The second-order valence-corrected chi connectivity index (χ2v) is 2.24. The van der Waals surface area contributed by atoms with Gasteiger partial charge in [0.15, 0.2) is 5.62 Å².